The maximum atomic E-state index is 12.7. The van der Waals surface area contributed by atoms with E-state index in [0.717, 1.165) is 30.2 Å². The van der Waals surface area contributed by atoms with Gasteiger partial charge in [0.2, 0.25) is 11.9 Å². The van der Waals surface area contributed by atoms with Gasteiger partial charge in [0.05, 0.1) is 12.1 Å². The molecule has 9 nitrogen and oxygen atoms in total. The second-order valence-electron chi connectivity index (χ2n) is 8.17. The van der Waals surface area contributed by atoms with Crippen LogP contribution in [0.2, 0.25) is 5.02 Å². The lowest BCUT2D eigenvalue weighted by Gasteiger charge is -2.40. The number of likely N-dealkylation sites (N-methyl/N-ethyl adjacent to an activating group) is 1. The van der Waals surface area contributed by atoms with Crippen LogP contribution in [0, 0.1) is 6.92 Å². The van der Waals surface area contributed by atoms with E-state index in [4.69, 9.17) is 21.3 Å². The standard InChI is InChI=1S/C23H28ClN7O2/c1-16-10-21(28-23(27-16)31-7-6-25-15-31)30-9-8-29(2)18(14-30)12-22(32)26-13-17-4-5-20(33-3)19(24)11-17/h4-7,10-11,15,18H,8-9,12-14H2,1-3H3,(H,26,32). The van der Waals surface area contributed by atoms with Gasteiger partial charge < -0.3 is 15.0 Å². The van der Waals surface area contributed by atoms with Gasteiger partial charge in [-0.25, -0.2) is 9.97 Å². The molecular weight excluding hydrogens is 442 g/mol. The van der Waals surface area contributed by atoms with Crippen LogP contribution in [0.25, 0.3) is 5.95 Å². The van der Waals surface area contributed by atoms with Crippen molar-refractivity contribution in [1.29, 1.82) is 0 Å². The van der Waals surface area contributed by atoms with E-state index in [-0.39, 0.29) is 11.9 Å². The fraction of sp³-hybridized carbons (Fsp3) is 0.391. The van der Waals surface area contributed by atoms with Crippen molar-refractivity contribution in [2.24, 2.45) is 0 Å². The van der Waals surface area contributed by atoms with Crippen LogP contribution in [0.1, 0.15) is 17.7 Å². The highest BCUT2D eigenvalue weighted by Gasteiger charge is 2.27. The molecule has 1 amide bonds. The van der Waals surface area contributed by atoms with Crippen LogP contribution in [0.4, 0.5) is 5.82 Å². The highest BCUT2D eigenvalue weighted by Crippen LogP contribution is 2.25. The summed E-state index contributed by atoms with van der Waals surface area (Å²) in [5, 5.41) is 3.53. The molecular formula is C23H28ClN7O2. The number of anilines is 1. The van der Waals surface area contributed by atoms with E-state index in [0.29, 0.717) is 36.2 Å². The molecule has 4 rings (SSSR count). The summed E-state index contributed by atoms with van der Waals surface area (Å²) < 4.78 is 6.97. The first-order valence-electron chi connectivity index (χ1n) is 10.8. The van der Waals surface area contributed by atoms with Crippen molar-refractivity contribution < 1.29 is 9.53 Å². The fourth-order valence-electron chi connectivity index (χ4n) is 3.87. The number of carbonyl (C=O) groups is 1. The average Bonchev–Trinajstić information content (AvgIpc) is 3.34. The van der Waals surface area contributed by atoms with Gasteiger partial charge in [-0.1, -0.05) is 17.7 Å². The predicted molar refractivity (Wildman–Crippen MR) is 127 cm³/mol. The lowest BCUT2D eigenvalue weighted by Crippen LogP contribution is -2.53. The van der Waals surface area contributed by atoms with Gasteiger partial charge in [0, 0.05) is 62.8 Å². The summed E-state index contributed by atoms with van der Waals surface area (Å²) in [4.78, 5) is 30.5. The van der Waals surface area contributed by atoms with Crippen molar-refractivity contribution in [3.05, 3.63) is 59.3 Å². The Kier molecular flexibility index (Phi) is 7.10. The first-order chi connectivity index (χ1) is 15.9. The zero-order valence-electron chi connectivity index (χ0n) is 19.0. The SMILES string of the molecule is COc1ccc(CNC(=O)CC2CN(c3cc(C)nc(-n4ccnc4)n3)CCN2C)cc1Cl. The van der Waals surface area contributed by atoms with Crippen molar-refractivity contribution in [2.75, 3.05) is 38.7 Å². The van der Waals surface area contributed by atoms with E-state index < -0.39 is 0 Å². The fourth-order valence-corrected chi connectivity index (χ4v) is 4.15. The van der Waals surface area contributed by atoms with Gasteiger partial charge in [-0.3, -0.25) is 14.3 Å². The van der Waals surface area contributed by atoms with Crippen LogP contribution < -0.4 is 15.0 Å². The molecule has 1 atom stereocenters. The summed E-state index contributed by atoms with van der Waals surface area (Å²) in [7, 11) is 3.63. The van der Waals surface area contributed by atoms with Gasteiger partial charge in [0.25, 0.3) is 0 Å². The molecule has 10 heteroatoms. The predicted octanol–water partition coefficient (Wildman–Crippen LogP) is 2.46. The molecule has 0 saturated carbocycles. The zero-order valence-corrected chi connectivity index (χ0v) is 19.8. The van der Waals surface area contributed by atoms with Crippen LogP contribution in [0.5, 0.6) is 5.75 Å². The topological polar surface area (TPSA) is 88.4 Å². The molecule has 1 N–H and O–H groups in total. The molecule has 0 aliphatic carbocycles. The number of rotatable bonds is 7. The Bertz CT molecular complexity index is 1110. The number of piperazine rings is 1. The Balaban J connectivity index is 1.39. The summed E-state index contributed by atoms with van der Waals surface area (Å²) in [5.74, 6) is 2.07. The van der Waals surface area contributed by atoms with Crippen LogP contribution in [0.15, 0.2) is 43.0 Å². The Morgan fingerprint density at radius 3 is 2.85 bits per heavy atom. The van der Waals surface area contributed by atoms with Crippen LogP contribution in [0.3, 0.4) is 0 Å². The first-order valence-corrected chi connectivity index (χ1v) is 11.2. The smallest absolute Gasteiger partial charge is 0.237 e. The average molecular weight is 470 g/mol. The number of aryl methyl sites for hydroxylation is 1. The van der Waals surface area contributed by atoms with Crippen molar-refractivity contribution >= 4 is 23.3 Å². The molecule has 3 heterocycles. The minimum absolute atomic E-state index is 0.00128. The molecule has 1 unspecified atom stereocenters. The normalized spacial score (nSPS) is 16.6. The van der Waals surface area contributed by atoms with E-state index >= 15 is 0 Å². The molecule has 1 aliphatic rings. The largest absolute Gasteiger partial charge is 0.495 e. The minimum Gasteiger partial charge on any atom is -0.495 e. The maximum absolute atomic E-state index is 12.7. The number of halogens is 1. The third-order valence-corrected chi connectivity index (χ3v) is 6.09. The highest BCUT2D eigenvalue weighted by molar-refractivity contribution is 6.32. The summed E-state index contributed by atoms with van der Waals surface area (Å²) in [6.45, 7) is 4.76. The number of carbonyl (C=O) groups excluding carboxylic acids is 1. The van der Waals surface area contributed by atoms with Gasteiger partial charge in [-0.2, -0.15) is 4.98 Å². The number of nitrogens with one attached hydrogen (secondary N) is 1. The monoisotopic (exact) mass is 469 g/mol. The van der Waals surface area contributed by atoms with Gasteiger partial charge >= 0.3 is 0 Å². The number of nitrogens with zero attached hydrogens (tertiary/aromatic N) is 6. The summed E-state index contributed by atoms with van der Waals surface area (Å²) in [5.41, 5.74) is 1.81. The van der Waals surface area contributed by atoms with Gasteiger partial charge in [-0.05, 0) is 31.7 Å². The van der Waals surface area contributed by atoms with Crippen molar-refractivity contribution in [3.8, 4) is 11.7 Å². The lowest BCUT2D eigenvalue weighted by molar-refractivity contribution is -0.122. The Labute approximate surface area is 198 Å². The second-order valence-corrected chi connectivity index (χ2v) is 8.57. The van der Waals surface area contributed by atoms with Crippen molar-refractivity contribution in [3.63, 3.8) is 0 Å². The molecule has 0 radical (unpaired) electrons. The lowest BCUT2D eigenvalue weighted by atomic mass is 10.1. The van der Waals surface area contributed by atoms with E-state index in [1.165, 1.54) is 0 Å². The number of hydrogen-bond donors (Lipinski definition) is 1. The van der Waals surface area contributed by atoms with Gasteiger partial charge in [0.15, 0.2) is 0 Å². The number of imidazole rings is 1. The van der Waals surface area contributed by atoms with Gasteiger partial charge in [-0.15, -0.1) is 0 Å². The summed E-state index contributed by atoms with van der Waals surface area (Å²) in [6.07, 6.45) is 5.61. The molecule has 0 spiro atoms. The van der Waals surface area contributed by atoms with E-state index in [9.17, 15) is 4.79 Å². The summed E-state index contributed by atoms with van der Waals surface area (Å²) in [6, 6.07) is 7.57. The number of amides is 1. The second kappa shape index (κ2) is 10.2. The van der Waals surface area contributed by atoms with Crippen molar-refractivity contribution in [1.82, 2.24) is 29.7 Å². The third-order valence-electron chi connectivity index (χ3n) is 5.79. The maximum Gasteiger partial charge on any atom is 0.237 e. The number of methoxy groups -OCH3 is 1. The number of aromatic nitrogens is 4. The molecule has 1 aromatic carbocycles. The van der Waals surface area contributed by atoms with Crippen LogP contribution in [-0.2, 0) is 11.3 Å². The molecule has 3 aromatic rings. The molecule has 2 aromatic heterocycles. The molecule has 1 fully saturated rings. The molecule has 174 valence electrons. The Morgan fingerprint density at radius 1 is 1.27 bits per heavy atom. The van der Waals surface area contributed by atoms with E-state index in [2.05, 4.69) is 32.1 Å². The van der Waals surface area contributed by atoms with Crippen molar-refractivity contribution in [2.45, 2.75) is 25.9 Å². The van der Waals surface area contributed by atoms with Crippen LogP contribution in [-0.4, -0.2) is 70.2 Å². The highest BCUT2D eigenvalue weighted by atomic mass is 35.5. The zero-order chi connectivity index (χ0) is 23.4. The Morgan fingerprint density at radius 2 is 2.12 bits per heavy atom. The van der Waals surface area contributed by atoms with E-state index in [1.54, 1.807) is 30.3 Å². The van der Waals surface area contributed by atoms with Crippen LogP contribution >= 0.6 is 11.6 Å². The third kappa shape index (κ3) is 5.61. The first kappa shape index (κ1) is 23.0. The minimum atomic E-state index is -0.00128. The van der Waals surface area contributed by atoms with Gasteiger partial charge in [0.1, 0.15) is 17.9 Å². The van der Waals surface area contributed by atoms with E-state index in [1.807, 2.05) is 31.3 Å². The number of hydrogen-bond acceptors (Lipinski definition) is 7. The molecule has 0 bridgehead atoms. The molecule has 33 heavy (non-hydrogen) atoms. The molecule has 1 aliphatic heterocycles. The Hall–Kier alpha value is -3.17. The number of benzene rings is 1. The quantitative estimate of drug-likeness (QED) is 0.568. The number of ether oxygens (including phenoxy) is 1. The summed E-state index contributed by atoms with van der Waals surface area (Å²) >= 11 is 6.18. The molecule has 1 saturated heterocycles.